The highest BCUT2D eigenvalue weighted by molar-refractivity contribution is 5.19. The Morgan fingerprint density at radius 2 is 2.07 bits per heavy atom. The Kier molecular flexibility index (Phi) is 2.52. The van der Waals surface area contributed by atoms with Crippen molar-refractivity contribution >= 4 is 0 Å². The van der Waals surface area contributed by atoms with Crippen LogP contribution in [0, 0.1) is 5.41 Å². The Balaban J connectivity index is 2.19. The number of aromatic nitrogens is 1. The van der Waals surface area contributed by atoms with Gasteiger partial charge in [-0.1, -0.05) is 6.42 Å². The summed E-state index contributed by atoms with van der Waals surface area (Å²) in [4.78, 5) is 3.96. The van der Waals surface area contributed by atoms with E-state index in [1.54, 1.807) is 12.4 Å². The van der Waals surface area contributed by atoms with Crippen molar-refractivity contribution in [1.82, 2.24) is 4.98 Å². The molecule has 1 aliphatic rings. The van der Waals surface area contributed by atoms with Gasteiger partial charge in [0.25, 0.3) is 0 Å². The van der Waals surface area contributed by atoms with Gasteiger partial charge in [-0.25, -0.2) is 0 Å². The minimum atomic E-state index is -0.0681. The molecule has 0 aliphatic heterocycles. The fraction of sp³-hybridized carbons (Fsp3) is 0.545. The topological polar surface area (TPSA) is 59.1 Å². The summed E-state index contributed by atoms with van der Waals surface area (Å²) in [5.41, 5.74) is 7.17. The Morgan fingerprint density at radius 3 is 2.50 bits per heavy atom. The summed E-state index contributed by atoms with van der Waals surface area (Å²) in [5, 5.41) is 9.37. The number of aliphatic hydroxyl groups is 1. The molecule has 2 rings (SSSR count). The van der Waals surface area contributed by atoms with Gasteiger partial charge in [0, 0.05) is 23.9 Å². The lowest BCUT2D eigenvalue weighted by atomic mass is 9.63. The van der Waals surface area contributed by atoms with E-state index in [-0.39, 0.29) is 18.1 Å². The maximum atomic E-state index is 9.37. The third-order valence-corrected chi connectivity index (χ3v) is 3.39. The van der Waals surface area contributed by atoms with Crippen molar-refractivity contribution in [1.29, 1.82) is 0 Å². The molecule has 1 heterocycles. The molecule has 0 bridgehead atoms. The molecular weight excluding hydrogens is 176 g/mol. The van der Waals surface area contributed by atoms with Gasteiger partial charge < -0.3 is 10.8 Å². The zero-order valence-electron chi connectivity index (χ0n) is 8.19. The third-order valence-electron chi connectivity index (χ3n) is 3.39. The average molecular weight is 192 g/mol. The molecule has 0 spiro atoms. The largest absolute Gasteiger partial charge is 0.396 e. The van der Waals surface area contributed by atoms with E-state index in [2.05, 4.69) is 4.98 Å². The fourth-order valence-corrected chi connectivity index (χ4v) is 2.12. The number of pyridine rings is 1. The van der Waals surface area contributed by atoms with Crippen LogP contribution in [-0.4, -0.2) is 16.7 Å². The maximum Gasteiger partial charge on any atom is 0.0505 e. The van der Waals surface area contributed by atoms with Crippen molar-refractivity contribution in [2.24, 2.45) is 11.1 Å². The second kappa shape index (κ2) is 3.67. The lowest BCUT2D eigenvalue weighted by molar-refractivity contribution is 0.0184. The van der Waals surface area contributed by atoms with Crippen molar-refractivity contribution < 1.29 is 5.11 Å². The van der Waals surface area contributed by atoms with Crippen molar-refractivity contribution in [2.45, 2.75) is 25.3 Å². The van der Waals surface area contributed by atoms with E-state index in [4.69, 9.17) is 5.73 Å². The van der Waals surface area contributed by atoms with E-state index in [0.29, 0.717) is 0 Å². The Hall–Kier alpha value is -0.930. The van der Waals surface area contributed by atoms with Crippen LogP contribution in [0.3, 0.4) is 0 Å². The zero-order chi connectivity index (χ0) is 10.0. The van der Waals surface area contributed by atoms with Gasteiger partial charge in [-0.2, -0.15) is 0 Å². The molecule has 1 aliphatic carbocycles. The van der Waals surface area contributed by atoms with Gasteiger partial charge in [0.2, 0.25) is 0 Å². The van der Waals surface area contributed by atoms with Crippen LogP contribution in [0.5, 0.6) is 0 Å². The van der Waals surface area contributed by atoms with Gasteiger partial charge in [-0.15, -0.1) is 0 Å². The van der Waals surface area contributed by atoms with Crippen LogP contribution in [0.2, 0.25) is 0 Å². The highest BCUT2D eigenvalue weighted by atomic mass is 16.3. The summed E-state index contributed by atoms with van der Waals surface area (Å²) in [6.07, 6.45) is 6.75. The van der Waals surface area contributed by atoms with Crippen molar-refractivity contribution in [2.75, 3.05) is 6.61 Å². The quantitative estimate of drug-likeness (QED) is 0.757. The monoisotopic (exact) mass is 192 g/mol. The second-order valence-electron chi connectivity index (χ2n) is 4.13. The summed E-state index contributed by atoms with van der Waals surface area (Å²) >= 11 is 0. The Labute approximate surface area is 84.0 Å². The van der Waals surface area contributed by atoms with E-state index >= 15 is 0 Å². The van der Waals surface area contributed by atoms with Crippen LogP contribution < -0.4 is 5.73 Å². The fourth-order valence-electron chi connectivity index (χ4n) is 2.12. The van der Waals surface area contributed by atoms with Gasteiger partial charge in [-0.3, -0.25) is 4.98 Å². The molecule has 3 heteroatoms. The number of rotatable bonds is 3. The molecule has 1 aromatic rings. The van der Waals surface area contributed by atoms with Crippen LogP contribution in [0.4, 0.5) is 0 Å². The smallest absolute Gasteiger partial charge is 0.0505 e. The van der Waals surface area contributed by atoms with E-state index in [1.165, 1.54) is 6.42 Å². The van der Waals surface area contributed by atoms with Gasteiger partial charge in [0.15, 0.2) is 0 Å². The molecule has 14 heavy (non-hydrogen) atoms. The van der Waals surface area contributed by atoms with Crippen LogP contribution >= 0.6 is 0 Å². The summed E-state index contributed by atoms with van der Waals surface area (Å²) in [5.74, 6) is 0. The molecule has 3 nitrogen and oxygen atoms in total. The number of nitrogens with zero attached hydrogens (tertiary/aromatic N) is 1. The molecular formula is C11H16N2O. The van der Waals surface area contributed by atoms with Crippen molar-refractivity contribution in [3.63, 3.8) is 0 Å². The standard InChI is InChI=1S/C11H16N2O/c12-10(9-2-6-13-7-3-9)11(8-14)4-1-5-11/h2-3,6-7,10,14H,1,4-5,8,12H2/t10-/m1/s1. The van der Waals surface area contributed by atoms with Crippen molar-refractivity contribution in [3.8, 4) is 0 Å². The van der Waals surface area contributed by atoms with Gasteiger partial charge in [0.05, 0.1) is 6.61 Å². The lowest BCUT2D eigenvalue weighted by Gasteiger charge is -2.45. The summed E-state index contributed by atoms with van der Waals surface area (Å²) in [7, 11) is 0. The molecule has 1 fully saturated rings. The Morgan fingerprint density at radius 1 is 1.43 bits per heavy atom. The second-order valence-corrected chi connectivity index (χ2v) is 4.13. The molecule has 76 valence electrons. The minimum Gasteiger partial charge on any atom is -0.396 e. The summed E-state index contributed by atoms with van der Waals surface area (Å²) < 4.78 is 0. The number of hydrogen-bond acceptors (Lipinski definition) is 3. The van der Waals surface area contributed by atoms with Gasteiger partial charge >= 0.3 is 0 Å². The minimum absolute atomic E-state index is 0.0516. The number of aliphatic hydroxyl groups excluding tert-OH is 1. The van der Waals surface area contributed by atoms with E-state index in [1.807, 2.05) is 12.1 Å². The normalized spacial score (nSPS) is 21.3. The molecule has 0 amide bonds. The number of hydrogen-bond donors (Lipinski definition) is 2. The highest BCUT2D eigenvalue weighted by Crippen LogP contribution is 2.48. The van der Waals surface area contributed by atoms with Crippen LogP contribution in [0.1, 0.15) is 30.9 Å². The molecule has 1 saturated carbocycles. The first-order valence-electron chi connectivity index (χ1n) is 5.05. The van der Waals surface area contributed by atoms with E-state index in [0.717, 1.165) is 18.4 Å². The van der Waals surface area contributed by atoms with E-state index in [9.17, 15) is 5.11 Å². The predicted octanol–water partition coefficient (Wildman–Crippen LogP) is 1.24. The Bertz CT molecular complexity index is 290. The molecule has 0 radical (unpaired) electrons. The van der Waals surface area contributed by atoms with Crippen LogP contribution in [-0.2, 0) is 0 Å². The van der Waals surface area contributed by atoms with Crippen LogP contribution in [0.25, 0.3) is 0 Å². The third kappa shape index (κ3) is 1.42. The van der Waals surface area contributed by atoms with Gasteiger partial charge in [0.1, 0.15) is 0 Å². The maximum absolute atomic E-state index is 9.37. The molecule has 1 aromatic heterocycles. The molecule has 0 aromatic carbocycles. The lowest BCUT2D eigenvalue weighted by Crippen LogP contribution is -2.43. The van der Waals surface area contributed by atoms with Crippen molar-refractivity contribution in [3.05, 3.63) is 30.1 Å². The average Bonchev–Trinajstić information content (AvgIpc) is 2.18. The van der Waals surface area contributed by atoms with Crippen LogP contribution in [0.15, 0.2) is 24.5 Å². The first-order chi connectivity index (χ1) is 6.78. The highest BCUT2D eigenvalue weighted by Gasteiger charge is 2.42. The molecule has 3 N–H and O–H groups in total. The van der Waals surface area contributed by atoms with Gasteiger partial charge in [-0.05, 0) is 30.5 Å². The summed E-state index contributed by atoms with van der Waals surface area (Å²) in [6.45, 7) is 0.191. The zero-order valence-corrected chi connectivity index (χ0v) is 8.19. The first kappa shape index (κ1) is 9.62. The first-order valence-corrected chi connectivity index (χ1v) is 5.05. The summed E-state index contributed by atoms with van der Waals surface area (Å²) in [6, 6.07) is 3.81. The number of nitrogens with two attached hydrogens (primary N) is 1. The van der Waals surface area contributed by atoms with E-state index < -0.39 is 0 Å². The molecule has 0 unspecified atom stereocenters. The SMILES string of the molecule is N[C@H](c1ccncc1)C1(CO)CCC1. The molecule has 1 atom stereocenters. The molecule has 0 saturated heterocycles. The predicted molar refractivity (Wildman–Crippen MR) is 54.5 cm³/mol.